The van der Waals surface area contributed by atoms with Crippen LogP contribution >= 0.6 is 61.1 Å². The molecule has 0 nitrogen and oxygen atoms in total. The van der Waals surface area contributed by atoms with E-state index >= 15 is 0 Å². The Morgan fingerprint density at radius 2 is 1.92 bits per heavy atom. The summed E-state index contributed by atoms with van der Waals surface area (Å²) in [6.45, 7) is 2.12. The molecule has 0 atom stereocenters. The Labute approximate surface area is 108 Å². The van der Waals surface area contributed by atoms with Crippen LogP contribution in [-0.4, -0.2) is 0 Å². The van der Waals surface area contributed by atoms with Gasteiger partial charge in [0.2, 0.25) is 0 Å². The molecule has 0 N–H and O–H groups in total. The summed E-state index contributed by atoms with van der Waals surface area (Å²) in [5.74, 6) is 0. The second-order valence-electron chi connectivity index (χ2n) is 2.37. The Kier molecular flexibility index (Phi) is 4.53. The quantitative estimate of drug-likeness (QED) is 0.541. The molecule has 1 aromatic carbocycles. The number of rotatable bonds is 1. The molecular weight excluding hydrogens is 442 g/mol. The average molecular weight is 449 g/mol. The highest BCUT2D eigenvalue weighted by Crippen LogP contribution is 2.29. The minimum atomic E-state index is 1.17. The third-order valence-corrected chi connectivity index (χ3v) is 3.91. The van der Waals surface area contributed by atoms with Gasteiger partial charge in [-0.1, -0.05) is 18.2 Å². The standard InChI is InChI=1S/C9H7BrI2/c1-6(9(10)12)7-4-2-3-5-8(7)11/h2-5H,1H3/b9-6-. The normalized spacial score (nSPS) is 12.7. The van der Waals surface area contributed by atoms with Crippen molar-refractivity contribution in [2.45, 2.75) is 6.92 Å². The van der Waals surface area contributed by atoms with E-state index in [1.165, 1.54) is 17.2 Å². The summed E-state index contributed by atoms with van der Waals surface area (Å²) < 4.78 is 2.46. The highest BCUT2D eigenvalue weighted by Gasteiger charge is 2.02. The smallest absolute Gasteiger partial charge is 0.0594 e. The van der Waals surface area contributed by atoms with Crippen molar-refractivity contribution in [3.63, 3.8) is 0 Å². The Bertz CT molecular complexity index is 314. The van der Waals surface area contributed by atoms with Crippen LogP contribution in [0.25, 0.3) is 5.57 Å². The Morgan fingerprint density at radius 3 is 2.42 bits per heavy atom. The molecule has 0 aliphatic heterocycles. The molecule has 0 radical (unpaired) electrons. The van der Waals surface area contributed by atoms with Crippen molar-refractivity contribution < 1.29 is 0 Å². The van der Waals surface area contributed by atoms with Crippen LogP contribution in [0.4, 0.5) is 0 Å². The molecule has 0 aliphatic carbocycles. The van der Waals surface area contributed by atoms with E-state index in [0.717, 1.165) is 0 Å². The van der Waals surface area contributed by atoms with Gasteiger partial charge in [0.15, 0.2) is 0 Å². The summed E-state index contributed by atoms with van der Waals surface area (Å²) in [5, 5.41) is 0. The minimum absolute atomic E-state index is 1.17. The molecule has 0 saturated heterocycles. The fourth-order valence-corrected chi connectivity index (χ4v) is 2.16. The van der Waals surface area contributed by atoms with Gasteiger partial charge >= 0.3 is 0 Å². The van der Waals surface area contributed by atoms with Gasteiger partial charge in [0.25, 0.3) is 0 Å². The van der Waals surface area contributed by atoms with Crippen molar-refractivity contribution >= 4 is 66.7 Å². The zero-order valence-electron chi connectivity index (χ0n) is 6.44. The molecule has 0 bridgehead atoms. The summed E-state index contributed by atoms with van der Waals surface area (Å²) in [5.41, 5.74) is 2.60. The highest BCUT2D eigenvalue weighted by atomic mass is 127. The molecule has 3 heteroatoms. The van der Waals surface area contributed by atoms with Crippen LogP contribution in [0.2, 0.25) is 0 Å². The van der Waals surface area contributed by atoms with Crippen LogP contribution in [-0.2, 0) is 0 Å². The molecule has 1 rings (SSSR count). The van der Waals surface area contributed by atoms with Gasteiger partial charge in [-0.25, -0.2) is 0 Å². The molecule has 0 unspecified atom stereocenters. The molecular formula is C9H7BrI2. The fourth-order valence-electron chi connectivity index (χ4n) is 0.867. The predicted octanol–water partition coefficient (Wildman–Crippen LogP) is 4.81. The van der Waals surface area contributed by atoms with E-state index in [2.05, 4.69) is 92.3 Å². The number of benzene rings is 1. The third kappa shape index (κ3) is 2.70. The molecule has 0 aliphatic rings. The lowest BCUT2D eigenvalue weighted by Gasteiger charge is -2.04. The van der Waals surface area contributed by atoms with Crippen LogP contribution < -0.4 is 0 Å². The van der Waals surface area contributed by atoms with E-state index in [1.807, 2.05) is 0 Å². The number of hydrogen-bond donors (Lipinski definition) is 0. The van der Waals surface area contributed by atoms with Gasteiger partial charge in [-0.2, -0.15) is 0 Å². The first-order valence-corrected chi connectivity index (χ1v) is 6.34. The average Bonchev–Trinajstić information content (AvgIpc) is 2.04. The Hall–Kier alpha value is 0.900. The van der Waals surface area contributed by atoms with Gasteiger partial charge in [-0.05, 0) is 85.2 Å². The SMILES string of the molecule is C/C(=C(\Br)I)c1ccccc1I. The maximum absolute atomic E-state index is 3.47. The summed E-state index contributed by atoms with van der Waals surface area (Å²) >= 11 is 8.11. The summed E-state index contributed by atoms with van der Waals surface area (Å²) in [6.07, 6.45) is 0. The van der Waals surface area contributed by atoms with E-state index in [9.17, 15) is 0 Å². The van der Waals surface area contributed by atoms with Crippen LogP contribution in [0.3, 0.4) is 0 Å². The van der Waals surface area contributed by atoms with Crippen molar-refractivity contribution in [2.75, 3.05) is 0 Å². The second-order valence-corrected chi connectivity index (χ2v) is 6.88. The van der Waals surface area contributed by atoms with E-state index in [0.29, 0.717) is 0 Å². The molecule has 0 aromatic heterocycles. The zero-order chi connectivity index (χ0) is 9.14. The van der Waals surface area contributed by atoms with Gasteiger partial charge in [0.1, 0.15) is 0 Å². The Balaban J connectivity index is 3.21. The van der Waals surface area contributed by atoms with Crippen molar-refractivity contribution in [3.8, 4) is 0 Å². The van der Waals surface area contributed by atoms with Crippen LogP contribution in [0.1, 0.15) is 12.5 Å². The van der Waals surface area contributed by atoms with Gasteiger partial charge in [-0.15, -0.1) is 0 Å². The van der Waals surface area contributed by atoms with Crippen molar-refractivity contribution in [1.82, 2.24) is 0 Å². The van der Waals surface area contributed by atoms with Crippen LogP contribution in [0.5, 0.6) is 0 Å². The van der Waals surface area contributed by atoms with Crippen molar-refractivity contribution in [1.29, 1.82) is 0 Å². The number of hydrogen-bond acceptors (Lipinski definition) is 0. The summed E-state index contributed by atoms with van der Waals surface area (Å²) in [4.78, 5) is 0. The van der Waals surface area contributed by atoms with E-state index < -0.39 is 0 Å². The van der Waals surface area contributed by atoms with E-state index in [-0.39, 0.29) is 0 Å². The molecule has 0 saturated carbocycles. The fraction of sp³-hybridized carbons (Fsp3) is 0.111. The van der Waals surface area contributed by atoms with E-state index in [1.54, 1.807) is 0 Å². The molecule has 64 valence electrons. The molecule has 0 spiro atoms. The topological polar surface area (TPSA) is 0 Å². The first-order chi connectivity index (χ1) is 5.63. The minimum Gasteiger partial charge on any atom is -0.0616 e. The molecule has 0 amide bonds. The Morgan fingerprint density at radius 1 is 1.33 bits per heavy atom. The number of halogens is 3. The van der Waals surface area contributed by atoms with Gasteiger partial charge in [-0.3, -0.25) is 0 Å². The zero-order valence-corrected chi connectivity index (χ0v) is 12.3. The van der Waals surface area contributed by atoms with Crippen LogP contribution in [0, 0.1) is 3.57 Å². The second kappa shape index (κ2) is 4.95. The molecule has 1 aromatic rings. The summed E-state index contributed by atoms with van der Waals surface area (Å²) in [7, 11) is 0. The maximum atomic E-state index is 3.47. The predicted molar refractivity (Wildman–Crippen MR) is 74.7 cm³/mol. The first-order valence-electron chi connectivity index (χ1n) is 3.39. The summed E-state index contributed by atoms with van der Waals surface area (Å²) in [6, 6.07) is 8.37. The maximum Gasteiger partial charge on any atom is 0.0594 e. The molecule has 0 heterocycles. The highest BCUT2D eigenvalue weighted by molar-refractivity contribution is 14.1. The lowest BCUT2D eigenvalue weighted by molar-refractivity contribution is 1.53. The third-order valence-electron chi connectivity index (χ3n) is 1.56. The van der Waals surface area contributed by atoms with Gasteiger partial charge in [0, 0.05) is 3.57 Å². The van der Waals surface area contributed by atoms with Gasteiger partial charge in [0.05, 0.1) is 2.49 Å². The van der Waals surface area contributed by atoms with Gasteiger partial charge < -0.3 is 0 Å². The van der Waals surface area contributed by atoms with E-state index in [4.69, 9.17) is 0 Å². The number of allylic oxidation sites excluding steroid dienone is 1. The lowest BCUT2D eigenvalue weighted by atomic mass is 10.1. The largest absolute Gasteiger partial charge is 0.0616 e. The van der Waals surface area contributed by atoms with Crippen molar-refractivity contribution in [2.24, 2.45) is 0 Å². The monoisotopic (exact) mass is 448 g/mol. The van der Waals surface area contributed by atoms with Crippen molar-refractivity contribution in [3.05, 3.63) is 35.9 Å². The first kappa shape index (κ1) is 11.0. The molecule has 12 heavy (non-hydrogen) atoms. The molecule has 0 fully saturated rings. The van der Waals surface area contributed by atoms with Crippen LogP contribution in [0.15, 0.2) is 26.8 Å². The lowest BCUT2D eigenvalue weighted by Crippen LogP contribution is -1.83.